The molecule has 4 saturated carbocycles. The summed E-state index contributed by atoms with van der Waals surface area (Å²) in [6, 6.07) is 26.4. The lowest BCUT2D eigenvalue weighted by Crippen LogP contribution is -2.49. The molecule has 4 nitrogen and oxygen atoms in total. The van der Waals surface area contributed by atoms with Crippen molar-refractivity contribution in [3.63, 3.8) is 0 Å². The Bertz CT molecular complexity index is 1550. The largest absolute Gasteiger partial charge is 0.478 e. The van der Waals surface area contributed by atoms with Crippen LogP contribution in [0, 0.1) is 17.8 Å². The first-order chi connectivity index (χ1) is 19.4. The highest BCUT2D eigenvalue weighted by molar-refractivity contribution is 5.99. The van der Waals surface area contributed by atoms with Crippen molar-refractivity contribution < 1.29 is 20.1 Å². The van der Waals surface area contributed by atoms with Crippen molar-refractivity contribution >= 4 is 16.7 Å². The van der Waals surface area contributed by atoms with Crippen LogP contribution in [0.15, 0.2) is 78.9 Å². The standard InChI is InChI=1S/C36H36O4/c37-21-34(38)31-11-7-27(17-33(31)36-18-23-12-24(19-36)14-25(13-23)20-36)26-6-9-29-28(16-26)8-10-30(35(39)40)32(29)15-22-4-2-1-3-5-22/h1-11,16-17,23-25,34,37-38H,12-15,18-21H2,(H,39,40). The lowest BCUT2D eigenvalue weighted by molar-refractivity contribution is -0.00727. The predicted molar refractivity (Wildman–Crippen MR) is 157 cm³/mol. The van der Waals surface area contributed by atoms with Gasteiger partial charge in [-0.3, -0.25) is 0 Å². The maximum atomic E-state index is 12.1. The summed E-state index contributed by atoms with van der Waals surface area (Å²) in [6.45, 7) is -0.273. The number of hydrogen-bond donors (Lipinski definition) is 3. The molecular weight excluding hydrogens is 496 g/mol. The summed E-state index contributed by atoms with van der Waals surface area (Å²) in [5.41, 5.74) is 6.65. The highest BCUT2D eigenvalue weighted by Crippen LogP contribution is 2.61. The van der Waals surface area contributed by atoms with Crippen molar-refractivity contribution in [1.82, 2.24) is 0 Å². The zero-order valence-corrected chi connectivity index (χ0v) is 22.7. The minimum Gasteiger partial charge on any atom is -0.478 e. The van der Waals surface area contributed by atoms with Gasteiger partial charge >= 0.3 is 5.97 Å². The molecule has 4 aromatic rings. The Morgan fingerprint density at radius 2 is 1.48 bits per heavy atom. The van der Waals surface area contributed by atoms with Crippen LogP contribution in [0.2, 0.25) is 0 Å². The molecule has 3 N–H and O–H groups in total. The summed E-state index contributed by atoms with van der Waals surface area (Å²) in [7, 11) is 0. The number of rotatable bonds is 7. The van der Waals surface area contributed by atoms with E-state index in [1.807, 2.05) is 42.5 Å². The number of aliphatic hydroxyl groups is 2. The van der Waals surface area contributed by atoms with Gasteiger partial charge in [-0.05, 0) is 124 Å². The lowest BCUT2D eigenvalue weighted by Gasteiger charge is -2.57. The van der Waals surface area contributed by atoms with Crippen molar-refractivity contribution in [2.45, 2.75) is 56.5 Å². The van der Waals surface area contributed by atoms with E-state index in [-0.39, 0.29) is 12.0 Å². The Kier molecular flexibility index (Phi) is 6.29. The number of carboxylic acid groups (broad SMARTS) is 1. The fourth-order valence-electron chi connectivity index (χ4n) is 8.79. The molecule has 4 aliphatic rings. The van der Waals surface area contributed by atoms with E-state index in [4.69, 9.17) is 0 Å². The number of aromatic carboxylic acids is 1. The maximum Gasteiger partial charge on any atom is 0.335 e. The fourth-order valence-corrected chi connectivity index (χ4v) is 8.79. The molecule has 0 amide bonds. The zero-order chi connectivity index (χ0) is 27.4. The highest BCUT2D eigenvalue weighted by Gasteiger charge is 2.52. The summed E-state index contributed by atoms with van der Waals surface area (Å²) in [4.78, 5) is 12.1. The third-order valence-electron chi connectivity index (χ3n) is 10.1. The number of aliphatic hydroxyl groups excluding tert-OH is 2. The average Bonchev–Trinajstić information content (AvgIpc) is 2.96. The first-order valence-corrected chi connectivity index (χ1v) is 14.7. The zero-order valence-electron chi connectivity index (χ0n) is 22.7. The molecule has 8 rings (SSSR count). The summed E-state index contributed by atoms with van der Waals surface area (Å²) in [6.07, 6.45) is 7.30. The molecule has 0 heterocycles. The lowest BCUT2D eigenvalue weighted by atomic mass is 9.47. The fraction of sp³-hybridized carbons (Fsp3) is 0.361. The summed E-state index contributed by atoms with van der Waals surface area (Å²) in [5, 5.41) is 32.7. The number of carboxylic acids is 1. The van der Waals surface area contributed by atoms with Crippen LogP contribution in [0.5, 0.6) is 0 Å². The second kappa shape index (κ2) is 9.87. The van der Waals surface area contributed by atoms with E-state index in [0.29, 0.717) is 12.0 Å². The van der Waals surface area contributed by atoms with Gasteiger partial charge in [0.1, 0.15) is 6.10 Å². The van der Waals surface area contributed by atoms with E-state index in [1.54, 1.807) is 6.07 Å². The molecule has 0 radical (unpaired) electrons. The van der Waals surface area contributed by atoms with Gasteiger partial charge in [0.2, 0.25) is 0 Å². The van der Waals surface area contributed by atoms with Crippen molar-refractivity contribution in [2.75, 3.05) is 6.61 Å². The van der Waals surface area contributed by atoms with E-state index >= 15 is 0 Å². The number of benzene rings is 4. The van der Waals surface area contributed by atoms with E-state index in [1.165, 1.54) is 44.1 Å². The number of hydrogen-bond acceptors (Lipinski definition) is 3. The Balaban J connectivity index is 1.32. The summed E-state index contributed by atoms with van der Waals surface area (Å²) in [5.74, 6) is 1.43. The summed E-state index contributed by atoms with van der Waals surface area (Å²) < 4.78 is 0. The van der Waals surface area contributed by atoms with Crippen LogP contribution < -0.4 is 0 Å². The normalized spacial score (nSPS) is 25.8. The quantitative estimate of drug-likeness (QED) is 0.234. The Morgan fingerprint density at radius 3 is 2.12 bits per heavy atom. The average molecular weight is 533 g/mol. The van der Waals surface area contributed by atoms with Crippen LogP contribution in [0.1, 0.15) is 77.2 Å². The first kappa shape index (κ1) is 25.5. The second-order valence-corrected chi connectivity index (χ2v) is 12.7. The summed E-state index contributed by atoms with van der Waals surface area (Å²) >= 11 is 0. The molecule has 1 unspecified atom stereocenters. The molecule has 0 aromatic heterocycles. The molecule has 4 aliphatic carbocycles. The number of carbonyl (C=O) groups is 1. The van der Waals surface area contributed by atoms with Gasteiger partial charge in [0.05, 0.1) is 12.2 Å². The second-order valence-electron chi connectivity index (χ2n) is 12.7. The van der Waals surface area contributed by atoms with Gasteiger partial charge in [-0.2, -0.15) is 0 Å². The molecule has 0 spiro atoms. The smallest absolute Gasteiger partial charge is 0.335 e. The van der Waals surface area contributed by atoms with Crippen LogP contribution in [-0.4, -0.2) is 27.9 Å². The number of fused-ring (bicyclic) bond motifs is 1. The molecule has 4 fully saturated rings. The Labute approximate surface area is 235 Å². The van der Waals surface area contributed by atoms with Crippen LogP contribution in [0.3, 0.4) is 0 Å². The van der Waals surface area contributed by atoms with Crippen LogP contribution in [0.4, 0.5) is 0 Å². The van der Waals surface area contributed by atoms with Crippen molar-refractivity contribution in [1.29, 1.82) is 0 Å². The Hall–Kier alpha value is -3.47. The van der Waals surface area contributed by atoms with Crippen molar-refractivity contribution in [3.05, 3.63) is 107 Å². The van der Waals surface area contributed by atoms with Crippen molar-refractivity contribution in [2.24, 2.45) is 17.8 Å². The van der Waals surface area contributed by atoms with Gasteiger partial charge in [-0.1, -0.05) is 66.7 Å². The van der Waals surface area contributed by atoms with Gasteiger partial charge < -0.3 is 15.3 Å². The van der Waals surface area contributed by atoms with Gasteiger partial charge in [0, 0.05) is 0 Å². The molecule has 204 valence electrons. The van der Waals surface area contributed by atoms with E-state index in [9.17, 15) is 20.1 Å². The van der Waals surface area contributed by atoms with Crippen LogP contribution >= 0.6 is 0 Å². The molecule has 40 heavy (non-hydrogen) atoms. The third-order valence-corrected chi connectivity index (χ3v) is 10.1. The minimum absolute atomic E-state index is 0.0896. The molecule has 4 bridgehead atoms. The third kappa shape index (κ3) is 4.34. The monoisotopic (exact) mass is 532 g/mol. The van der Waals surface area contributed by atoms with E-state index < -0.39 is 12.1 Å². The van der Waals surface area contributed by atoms with Crippen molar-refractivity contribution in [3.8, 4) is 11.1 Å². The molecule has 0 aliphatic heterocycles. The highest BCUT2D eigenvalue weighted by atomic mass is 16.4. The van der Waals surface area contributed by atoms with E-state index in [2.05, 4.69) is 30.3 Å². The van der Waals surface area contributed by atoms with Crippen LogP contribution in [0.25, 0.3) is 21.9 Å². The molecular formula is C36H36O4. The van der Waals surface area contributed by atoms with Gasteiger partial charge in [-0.25, -0.2) is 4.79 Å². The predicted octanol–water partition coefficient (Wildman–Crippen LogP) is 7.29. The SMILES string of the molecule is O=C(O)c1ccc2cc(-c3ccc(C(O)CO)c(C45CC6CC(CC(C6)C4)C5)c3)ccc2c1Cc1ccccc1. The minimum atomic E-state index is -0.907. The Morgan fingerprint density at radius 1 is 0.825 bits per heavy atom. The van der Waals surface area contributed by atoms with Gasteiger partial charge in [-0.15, -0.1) is 0 Å². The van der Waals surface area contributed by atoms with Gasteiger partial charge in [0.25, 0.3) is 0 Å². The molecule has 0 saturated heterocycles. The van der Waals surface area contributed by atoms with Gasteiger partial charge in [0.15, 0.2) is 0 Å². The van der Waals surface area contributed by atoms with E-state index in [0.717, 1.165) is 56.3 Å². The van der Waals surface area contributed by atoms with Crippen LogP contribution in [-0.2, 0) is 11.8 Å². The first-order valence-electron chi connectivity index (χ1n) is 14.7. The maximum absolute atomic E-state index is 12.1. The molecule has 4 heteroatoms. The molecule has 1 atom stereocenters. The topological polar surface area (TPSA) is 77.8 Å². The molecule has 4 aromatic carbocycles.